The molecule has 146 valence electrons. The summed E-state index contributed by atoms with van der Waals surface area (Å²) in [4.78, 5) is 4.27. The molecule has 2 N–H and O–H groups in total. The summed E-state index contributed by atoms with van der Waals surface area (Å²) in [5, 5.41) is 6.66. The zero-order valence-corrected chi connectivity index (χ0v) is 16.5. The number of benzene rings is 2. The summed E-state index contributed by atoms with van der Waals surface area (Å²) in [6.07, 6.45) is 0.854. The van der Waals surface area contributed by atoms with Gasteiger partial charge in [0.25, 0.3) is 0 Å². The standard InChI is InChI=1S/C21H29N3O3/c1-22-21(24-14-17-5-7-18(8-6-17)15-25-2)23-12-11-16-9-10-19(26-3)20(13-16)27-4/h5-10,13H,11-12,14-15H2,1-4H3,(H2,22,23,24). The Labute approximate surface area is 161 Å². The fraction of sp³-hybridized carbons (Fsp3) is 0.381. The van der Waals surface area contributed by atoms with Crippen LogP contribution in [-0.2, 0) is 24.3 Å². The van der Waals surface area contributed by atoms with E-state index in [1.165, 1.54) is 16.7 Å². The minimum Gasteiger partial charge on any atom is -0.493 e. The van der Waals surface area contributed by atoms with Gasteiger partial charge < -0.3 is 24.8 Å². The molecular formula is C21H29N3O3. The van der Waals surface area contributed by atoms with Crippen LogP contribution in [0.15, 0.2) is 47.5 Å². The largest absolute Gasteiger partial charge is 0.493 e. The lowest BCUT2D eigenvalue weighted by molar-refractivity contribution is 0.185. The van der Waals surface area contributed by atoms with Crippen LogP contribution in [0.2, 0.25) is 0 Å². The fourth-order valence-corrected chi connectivity index (χ4v) is 2.69. The van der Waals surface area contributed by atoms with E-state index in [0.29, 0.717) is 13.2 Å². The molecule has 6 nitrogen and oxygen atoms in total. The van der Waals surface area contributed by atoms with E-state index < -0.39 is 0 Å². The van der Waals surface area contributed by atoms with E-state index in [4.69, 9.17) is 14.2 Å². The maximum absolute atomic E-state index is 5.35. The highest BCUT2D eigenvalue weighted by atomic mass is 16.5. The maximum atomic E-state index is 5.35. The van der Waals surface area contributed by atoms with Gasteiger partial charge in [0.2, 0.25) is 0 Å². The summed E-state index contributed by atoms with van der Waals surface area (Å²) in [5.41, 5.74) is 3.53. The maximum Gasteiger partial charge on any atom is 0.191 e. The van der Waals surface area contributed by atoms with Crippen LogP contribution in [0.3, 0.4) is 0 Å². The molecule has 0 saturated carbocycles. The molecule has 0 saturated heterocycles. The lowest BCUT2D eigenvalue weighted by Crippen LogP contribution is -2.37. The SMILES string of the molecule is CN=C(NCCc1ccc(OC)c(OC)c1)NCc1ccc(COC)cc1. The summed E-state index contributed by atoms with van der Waals surface area (Å²) >= 11 is 0. The van der Waals surface area contributed by atoms with Gasteiger partial charge >= 0.3 is 0 Å². The van der Waals surface area contributed by atoms with Crippen molar-refractivity contribution in [3.63, 3.8) is 0 Å². The molecule has 0 fully saturated rings. The molecule has 27 heavy (non-hydrogen) atoms. The second-order valence-corrected chi connectivity index (χ2v) is 6.04. The van der Waals surface area contributed by atoms with Crippen molar-refractivity contribution in [1.82, 2.24) is 10.6 Å². The average molecular weight is 371 g/mol. The highest BCUT2D eigenvalue weighted by Gasteiger charge is 2.05. The van der Waals surface area contributed by atoms with Gasteiger partial charge in [0.15, 0.2) is 17.5 Å². The predicted octanol–water partition coefficient (Wildman–Crippen LogP) is 2.76. The van der Waals surface area contributed by atoms with E-state index in [2.05, 4.69) is 39.9 Å². The first kappa shape index (κ1) is 20.6. The monoisotopic (exact) mass is 371 g/mol. The van der Waals surface area contributed by atoms with Gasteiger partial charge in [-0.3, -0.25) is 4.99 Å². The van der Waals surface area contributed by atoms with Crippen LogP contribution in [0, 0.1) is 0 Å². The van der Waals surface area contributed by atoms with Gasteiger partial charge in [0.05, 0.1) is 20.8 Å². The van der Waals surface area contributed by atoms with E-state index in [1.807, 2.05) is 18.2 Å². The molecule has 2 aromatic carbocycles. The van der Waals surface area contributed by atoms with E-state index in [0.717, 1.165) is 30.4 Å². The van der Waals surface area contributed by atoms with E-state index in [9.17, 15) is 0 Å². The Bertz CT molecular complexity index is 730. The van der Waals surface area contributed by atoms with Crippen molar-refractivity contribution in [1.29, 1.82) is 0 Å². The molecule has 0 atom stereocenters. The Hall–Kier alpha value is -2.73. The third-order valence-electron chi connectivity index (χ3n) is 4.17. The number of ether oxygens (including phenoxy) is 3. The number of rotatable bonds is 9. The summed E-state index contributed by atoms with van der Waals surface area (Å²) in [7, 11) is 6.76. The summed E-state index contributed by atoms with van der Waals surface area (Å²) in [6.45, 7) is 2.11. The first-order valence-corrected chi connectivity index (χ1v) is 8.92. The molecule has 0 bridgehead atoms. The predicted molar refractivity (Wildman–Crippen MR) is 109 cm³/mol. The number of nitrogens with one attached hydrogen (secondary N) is 2. The highest BCUT2D eigenvalue weighted by molar-refractivity contribution is 5.79. The molecule has 2 aromatic rings. The molecule has 2 rings (SSSR count). The van der Waals surface area contributed by atoms with Gasteiger partial charge in [-0.1, -0.05) is 30.3 Å². The quantitative estimate of drug-likeness (QED) is 0.524. The molecule has 0 heterocycles. The van der Waals surface area contributed by atoms with Gasteiger partial charge in [-0.2, -0.15) is 0 Å². The van der Waals surface area contributed by atoms with E-state index in [-0.39, 0.29) is 0 Å². The Balaban J connectivity index is 1.80. The normalized spacial score (nSPS) is 11.2. The Morgan fingerprint density at radius 3 is 2.15 bits per heavy atom. The lowest BCUT2D eigenvalue weighted by atomic mass is 10.1. The molecule has 0 unspecified atom stereocenters. The summed E-state index contributed by atoms with van der Waals surface area (Å²) < 4.78 is 15.7. The van der Waals surface area contributed by atoms with Gasteiger partial charge in [0, 0.05) is 27.2 Å². The zero-order chi connectivity index (χ0) is 19.5. The van der Waals surface area contributed by atoms with E-state index in [1.54, 1.807) is 28.4 Å². The Kier molecular flexibility index (Phi) is 8.45. The van der Waals surface area contributed by atoms with Crippen molar-refractivity contribution in [2.45, 2.75) is 19.6 Å². The van der Waals surface area contributed by atoms with E-state index >= 15 is 0 Å². The van der Waals surface area contributed by atoms with Crippen molar-refractivity contribution >= 4 is 5.96 Å². The van der Waals surface area contributed by atoms with Gasteiger partial charge in [-0.15, -0.1) is 0 Å². The van der Waals surface area contributed by atoms with Crippen molar-refractivity contribution in [2.75, 3.05) is 34.9 Å². The number of methoxy groups -OCH3 is 3. The average Bonchev–Trinajstić information content (AvgIpc) is 2.71. The molecular weight excluding hydrogens is 342 g/mol. The number of nitrogens with zero attached hydrogens (tertiary/aromatic N) is 1. The number of hydrogen-bond donors (Lipinski definition) is 2. The Morgan fingerprint density at radius 2 is 1.52 bits per heavy atom. The first-order chi connectivity index (χ1) is 13.2. The van der Waals surface area contributed by atoms with Crippen molar-refractivity contribution < 1.29 is 14.2 Å². The lowest BCUT2D eigenvalue weighted by Gasteiger charge is -2.13. The second kappa shape index (κ2) is 11.1. The Morgan fingerprint density at radius 1 is 0.852 bits per heavy atom. The fourth-order valence-electron chi connectivity index (χ4n) is 2.69. The van der Waals surface area contributed by atoms with Crippen molar-refractivity contribution in [3.05, 3.63) is 59.2 Å². The van der Waals surface area contributed by atoms with Crippen molar-refractivity contribution in [3.8, 4) is 11.5 Å². The van der Waals surface area contributed by atoms with Crippen LogP contribution in [0.4, 0.5) is 0 Å². The van der Waals surface area contributed by atoms with Crippen LogP contribution < -0.4 is 20.1 Å². The molecule has 0 aromatic heterocycles. The molecule has 0 radical (unpaired) electrons. The topological polar surface area (TPSA) is 64.1 Å². The van der Waals surface area contributed by atoms with Crippen LogP contribution in [0.5, 0.6) is 11.5 Å². The molecule has 0 aliphatic rings. The summed E-state index contributed by atoms with van der Waals surface area (Å²) in [6, 6.07) is 14.3. The first-order valence-electron chi connectivity index (χ1n) is 8.92. The van der Waals surface area contributed by atoms with Gasteiger partial charge in [-0.05, 0) is 35.2 Å². The molecule has 0 aliphatic carbocycles. The zero-order valence-electron chi connectivity index (χ0n) is 16.5. The number of aliphatic imine (C=N–C) groups is 1. The highest BCUT2D eigenvalue weighted by Crippen LogP contribution is 2.27. The van der Waals surface area contributed by atoms with Crippen LogP contribution in [0.1, 0.15) is 16.7 Å². The smallest absolute Gasteiger partial charge is 0.191 e. The van der Waals surface area contributed by atoms with Crippen LogP contribution in [-0.4, -0.2) is 40.9 Å². The number of guanidine groups is 1. The van der Waals surface area contributed by atoms with Gasteiger partial charge in [-0.25, -0.2) is 0 Å². The third kappa shape index (κ3) is 6.49. The minimum absolute atomic E-state index is 0.632. The van der Waals surface area contributed by atoms with Gasteiger partial charge in [0.1, 0.15) is 0 Å². The second-order valence-electron chi connectivity index (χ2n) is 6.04. The molecule has 0 aliphatic heterocycles. The summed E-state index contributed by atoms with van der Waals surface area (Å²) in [5.74, 6) is 2.26. The minimum atomic E-state index is 0.632. The third-order valence-corrected chi connectivity index (χ3v) is 4.17. The molecule has 6 heteroatoms. The molecule has 0 amide bonds. The van der Waals surface area contributed by atoms with Crippen LogP contribution >= 0.6 is 0 Å². The molecule has 0 spiro atoms. The van der Waals surface area contributed by atoms with Crippen molar-refractivity contribution in [2.24, 2.45) is 4.99 Å². The van der Waals surface area contributed by atoms with Crippen LogP contribution in [0.25, 0.3) is 0 Å². The number of hydrogen-bond acceptors (Lipinski definition) is 4.